The number of hydrogen-bond donors (Lipinski definition) is 3. The first-order valence-corrected chi connectivity index (χ1v) is 4.43. The van der Waals surface area contributed by atoms with Gasteiger partial charge in [0.05, 0.1) is 17.3 Å². The molecule has 1 aliphatic heterocycles. The molecule has 1 aliphatic rings. The van der Waals surface area contributed by atoms with E-state index in [-0.39, 0.29) is 11.9 Å². The van der Waals surface area contributed by atoms with Gasteiger partial charge in [0.1, 0.15) is 0 Å². The highest BCUT2D eigenvalue weighted by Crippen LogP contribution is 2.26. The SMILES string of the molecule is Cc1cc2c([nH]1)C(CCN)NC2=O. The molecule has 4 nitrogen and oxygen atoms in total. The Morgan fingerprint density at radius 3 is 3.08 bits per heavy atom. The van der Waals surface area contributed by atoms with Gasteiger partial charge in [-0.15, -0.1) is 0 Å². The van der Waals surface area contributed by atoms with E-state index in [0.29, 0.717) is 6.54 Å². The van der Waals surface area contributed by atoms with Crippen molar-refractivity contribution in [2.75, 3.05) is 6.54 Å². The summed E-state index contributed by atoms with van der Waals surface area (Å²) in [6, 6.07) is 1.96. The van der Waals surface area contributed by atoms with Crippen LogP contribution in [0.5, 0.6) is 0 Å². The minimum Gasteiger partial charge on any atom is -0.360 e. The molecular formula is C9H13N3O. The van der Waals surface area contributed by atoms with E-state index >= 15 is 0 Å². The van der Waals surface area contributed by atoms with Crippen LogP contribution < -0.4 is 11.1 Å². The average Bonchev–Trinajstić information content (AvgIpc) is 2.55. The Morgan fingerprint density at radius 2 is 2.38 bits per heavy atom. The van der Waals surface area contributed by atoms with Gasteiger partial charge in [-0.05, 0) is 26.0 Å². The van der Waals surface area contributed by atoms with E-state index in [1.807, 2.05) is 13.0 Å². The third-order valence-electron chi connectivity index (χ3n) is 2.34. The fourth-order valence-corrected chi connectivity index (χ4v) is 1.76. The molecule has 70 valence electrons. The van der Waals surface area contributed by atoms with Crippen molar-refractivity contribution in [3.05, 3.63) is 23.0 Å². The molecule has 1 amide bonds. The van der Waals surface area contributed by atoms with Gasteiger partial charge < -0.3 is 16.0 Å². The van der Waals surface area contributed by atoms with Gasteiger partial charge in [-0.3, -0.25) is 4.79 Å². The molecule has 1 atom stereocenters. The molecule has 4 N–H and O–H groups in total. The minimum absolute atomic E-state index is 0.0119. The summed E-state index contributed by atoms with van der Waals surface area (Å²) < 4.78 is 0. The zero-order valence-corrected chi connectivity index (χ0v) is 7.55. The fraction of sp³-hybridized carbons (Fsp3) is 0.444. The Bertz CT molecular complexity index is 343. The Labute approximate surface area is 76.5 Å². The number of aryl methyl sites for hydroxylation is 1. The van der Waals surface area contributed by atoms with Crippen molar-refractivity contribution < 1.29 is 4.79 Å². The summed E-state index contributed by atoms with van der Waals surface area (Å²) in [5.41, 5.74) is 8.25. The van der Waals surface area contributed by atoms with Crippen molar-refractivity contribution in [2.45, 2.75) is 19.4 Å². The number of carbonyl (C=O) groups is 1. The van der Waals surface area contributed by atoms with Gasteiger partial charge in [0.25, 0.3) is 5.91 Å². The van der Waals surface area contributed by atoms with Crippen molar-refractivity contribution in [1.29, 1.82) is 0 Å². The number of aromatic nitrogens is 1. The summed E-state index contributed by atoms with van der Waals surface area (Å²) in [6.07, 6.45) is 0.790. The lowest BCUT2D eigenvalue weighted by Crippen LogP contribution is -2.22. The highest BCUT2D eigenvalue weighted by Gasteiger charge is 2.29. The third kappa shape index (κ3) is 1.23. The zero-order chi connectivity index (χ0) is 9.42. The lowest BCUT2D eigenvalue weighted by atomic mass is 10.1. The lowest BCUT2D eigenvalue weighted by Gasteiger charge is -2.08. The highest BCUT2D eigenvalue weighted by atomic mass is 16.2. The standard InChI is InChI=1S/C9H13N3O/c1-5-4-6-8(11-5)7(2-3-10)12-9(6)13/h4,7,11H,2-3,10H2,1H3,(H,12,13). The van der Waals surface area contributed by atoms with Gasteiger partial charge in [0.2, 0.25) is 0 Å². The number of aromatic amines is 1. The Balaban J connectivity index is 2.34. The van der Waals surface area contributed by atoms with Gasteiger partial charge in [-0.2, -0.15) is 0 Å². The summed E-state index contributed by atoms with van der Waals surface area (Å²) in [5, 5.41) is 2.88. The third-order valence-corrected chi connectivity index (χ3v) is 2.34. The second kappa shape index (κ2) is 2.88. The first kappa shape index (κ1) is 8.31. The first-order valence-electron chi connectivity index (χ1n) is 4.43. The summed E-state index contributed by atoms with van der Waals surface area (Å²) in [5.74, 6) is 0.0119. The molecule has 0 fully saturated rings. The number of nitrogens with one attached hydrogen (secondary N) is 2. The van der Waals surface area contributed by atoms with E-state index in [2.05, 4.69) is 10.3 Å². The zero-order valence-electron chi connectivity index (χ0n) is 7.55. The van der Waals surface area contributed by atoms with Crippen LogP contribution in [-0.4, -0.2) is 17.4 Å². The summed E-state index contributed by atoms with van der Waals surface area (Å²) in [6.45, 7) is 2.54. The second-order valence-corrected chi connectivity index (χ2v) is 3.38. The molecule has 0 bridgehead atoms. The summed E-state index contributed by atoms with van der Waals surface area (Å²) in [4.78, 5) is 14.6. The number of H-pyrrole nitrogens is 1. The molecular weight excluding hydrogens is 166 g/mol. The van der Waals surface area contributed by atoms with Gasteiger partial charge in [-0.25, -0.2) is 0 Å². The number of nitrogens with two attached hydrogens (primary N) is 1. The van der Waals surface area contributed by atoms with Crippen LogP contribution in [0.3, 0.4) is 0 Å². The highest BCUT2D eigenvalue weighted by molar-refractivity contribution is 5.98. The smallest absolute Gasteiger partial charge is 0.253 e. The van der Waals surface area contributed by atoms with Crippen LogP contribution in [0, 0.1) is 6.92 Å². The van der Waals surface area contributed by atoms with E-state index in [1.54, 1.807) is 0 Å². The number of amides is 1. The number of fused-ring (bicyclic) bond motifs is 1. The molecule has 1 aromatic rings. The molecule has 1 aromatic heterocycles. The van der Waals surface area contributed by atoms with Crippen LogP contribution in [0.2, 0.25) is 0 Å². The normalized spacial score (nSPS) is 20.2. The van der Waals surface area contributed by atoms with E-state index in [9.17, 15) is 4.79 Å². The molecule has 0 saturated carbocycles. The van der Waals surface area contributed by atoms with Crippen molar-refractivity contribution in [2.24, 2.45) is 5.73 Å². The molecule has 0 aliphatic carbocycles. The maximum atomic E-state index is 11.4. The Morgan fingerprint density at radius 1 is 1.62 bits per heavy atom. The van der Waals surface area contributed by atoms with Crippen molar-refractivity contribution in [1.82, 2.24) is 10.3 Å². The molecule has 0 aromatic carbocycles. The average molecular weight is 179 g/mol. The van der Waals surface area contributed by atoms with E-state index in [0.717, 1.165) is 23.4 Å². The topological polar surface area (TPSA) is 70.9 Å². The van der Waals surface area contributed by atoms with E-state index < -0.39 is 0 Å². The number of carbonyl (C=O) groups excluding carboxylic acids is 1. The van der Waals surface area contributed by atoms with Gasteiger partial charge in [-0.1, -0.05) is 0 Å². The van der Waals surface area contributed by atoms with Crippen molar-refractivity contribution in [3.8, 4) is 0 Å². The molecule has 1 unspecified atom stereocenters. The molecule has 0 spiro atoms. The summed E-state index contributed by atoms with van der Waals surface area (Å²) in [7, 11) is 0. The maximum absolute atomic E-state index is 11.4. The van der Waals surface area contributed by atoms with Crippen molar-refractivity contribution >= 4 is 5.91 Å². The number of hydrogen-bond acceptors (Lipinski definition) is 2. The molecule has 0 radical (unpaired) electrons. The van der Waals surface area contributed by atoms with Crippen LogP contribution >= 0.6 is 0 Å². The number of rotatable bonds is 2. The maximum Gasteiger partial charge on any atom is 0.253 e. The molecule has 2 rings (SSSR count). The second-order valence-electron chi connectivity index (χ2n) is 3.38. The lowest BCUT2D eigenvalue weighted by molar-refractivity contribution is 0.0955. The quantitative estimate of drug-likeness (QED) is 0.617. The van der Waals surface area contributed by atoms with E-state index in [1.165, 1.54) is 0 Å². The predicted octanol–water partition coefficient (Wildman–Crippen LogP) is 0.456. The Hall–Kier alpha value is -1.29. The minimum atomic E-state index is 0.0119. The largest absolute Gasteiger partial charge is 0.360 e. The van der Waals surface area contributed by atoms with Crippen LogP contribution in [0.4, 0.5) is 0 Å². The van der Waals surface area contributed by atoms with Crippen LogP contribution in [-0.2, 0) is 0 Å². The first-order chi connectivity index (χ1) is 6.22. The monoisotopic (exact) mass is 179 g/mol. The molecule has 13 heavy (non-hydrogen) atoms. The molecule has 0 saturated heterocycles. The van der Waals surface area contributed by atoms with Crippen LogP contribution in [0.1, 0.15) is 34.2 Å². The van der Waals surface area contributed by atoms with E-state index in [4.69, 9.17) is 5.73 Å². The van der Waals surface area contributed by atoms with Gasteiger partial charge in [0, 0.05) is 5.69 Å². The van der Waals surface area contributed by atoms with Gasteiger partial charge in [0.15, 0.2) is 0 Å². The molecule has 2 heterocycles. The fourth-order valence-electron chi connectivity index (χ4n) is 1.76. The Kier molecular flexibility index (Phi) is 1.84. The predicted molar refractivity (Wildman–Crippen MR) is 49.4 cm³/mol. The van der Waals surface area contributed by atoms with Crippen LogP contribution in [0.15, 0.2) is 6.07 Å². The molecule has 4 heteroatoms. The van der Waals surface area contributed by atoms with Gasteiger partial charge >= 0.3 is 0 Å². The van der Waals surface area contributed by atoms with Crippen molar-refractivity contribution in [3.63, 3.8) is 0 Å². The summed E-state index contributed by atoms with van der Waals surface area (Å²) >= 11 is 0. The van der Waals surface area contributed by atoms with Crippen LogP contribution in [0.25, 0.3) is 0 Å².